The standard InChI is InChI=1S/2C12H27P.C8H5.ClH.Pd/c2*1-4-7-10-13(11-8-5-2)12-9-6-3;1-2-8-6-4-3-5-7-8;;/h2*4-12H2,1-3H3;3-7H;1H;/q;;;;-1/p+1. The van der Waals surface area contributed by atoms with Gasteiger partial charge in [0, 0.05) is 0 Å². The van der Waals surface area contributed by atoms with Crippen LogP contribution in [0.2, 0.25) is 0 Å². The molecule has 0 amide bonds. The summed E-state index contributed by atoms with van der Waals surface area (Å²) in [5.74, 6) is 3.81. The molecule has 0 fully saturated rings. The quantitative estimate of drug-likeness (QED) is 0.0749. The van der Waals surface area contributed by atoms with Crippen LogP contribution >= 0.6 is 20.4 Å². The molecule has 0 atom stereocenters. The maximum absolute atomic E-state index is 8.65. The topological polar surface area (TPSA) is 0 Å². The van der Waals surface area contributed by atoms with Gasteiger partial charge in [-0.3, -0.25) is 0 Å². The summed E-state index contributed by atoms with van der Waals surface area (Å²) in [5.41, 5.74) is -2.31. The molecule has 0 heterocycles. The number of unbranched alkanes of at least 4 members (excludes halogenated alkanes) is 6. The molecule has 0 aliphatic carbocycles. The van der Waals surface area contributed by atoms with Crippen LogP contribution in [0.3, 0.4) is 0 Å². The first-order chi connectivity index (χ1) is 17.4. The van der Waals surface area contributed by atoms with Gasteiger partial charge in [-0.25, -0.2) is 0 Å². The van der Waals surface area contributed by atoms with E-state index < -0.39 is 24.4 Å². The van der Waals surface area contributed by atoms with Crippen molar-refractivity contribution in [1.29, 1.82) is 0 Å². The summed E-state index contributed by atoms with van der Waals surface area (Å²) in [7, 11) is 8.65. The van der Waals surface area contributed by atoms with Crippen molar-refractivity contribution >= 4 is 20.4 Å². The molecule has 1 aromatic rings. The van der Waals surface area contributed by atoms with Crippen LogP contribution in [0.1, 0.15) is 124 Å². The summed E-state index contributed by atoms with van der Waals surface area (Å²) < 4.78 is 4.24. The van der Waals surface area contributed by atoms with Gasteiger partial charge >= 0.3 is 236 Å². The molecular weight excluding hydrogens is 588 g/mol. The molecule has 0 bridgehead atoms. The monoisotopic (exact) mass is 648 g/mol. The molecule has 0 saturated carbocycles. The van der Waals surface area contributed by atoms with Crippen LogP contribution in [-0.2, 0) is 13.5 Å². The Labute approximate surface area is 234 Å². The van der Waals surface area contributed by atoms with Crippen molar-refractivity contribution in [1.82, 2.24) is 0 Å². The van der Waals surface area contributed by atoms with Gasteiger partial charge in [-0.15, -0.1) is 0 Å². The van der Waals surface area contributed by atoms with Gasteiger partial charge in [0.2, 0.25) is 0 Å². The molecule has 4 heteroatoms. The van der Waals surface area contributed by atoms with Crippen LogP contribution in [0.15, 0.2) is 30.3 Å². The molecule has 1 rings (SSSR count). The number of hydrogen-bond donors (Lipinski definition) is 0. The number of benzene rings is 1. The van der Waals surface area contributed by atoms with Crippen LogP contribution in [0.25, 0.3) is 0 Å². The van der Waals surface area contributed by atoms with E-state index in [0.717, 1.165) is 0 Å². The number of hydrogen-bond acceptors (Lipinski definition) is 0. The minimum atomic E-state index is -2.49. The third-order valence-corrected chi connectivity index (χ3v) is 60.5. The van der Waals surface area contributed by atoms with Gasteiger partial charge in [0.15, 0.2) is 0 Å². The van der Waals surface area contributed by atoms with E-state index in [1.807, 2.05) is 0 Å². The number of rotatable bonds is 20. The maximum atomic E-state index is 8.65. The van der Waals surface area contributed by atoms with Crippen molar-refractivity contribution in [3.63, 3.8) is 0 Å². The molecule has 1 aromatic carbocycles. The Balaban J connectivity index is 3.96. The Bertz CT molecular complexity index is 664. The van der Waals surface area contributed by atoms with Gasteiger partial charge in [0.1, 0.15) is 0 Å². The summed E-state index contributed by atoms with van der Waals surface area (Å²) >= 11 is -2.49. The fourth-order valence-electron chi connectivity index (χ4n) is 5.44. The van der Waals surface area contributed by atoms with Crippen molar-refractivity contribution in [3.05, 3.63) is 35.9 Å². The first kappa shape index (κ1) is 34.6. The van der Waals surface area contributed by atoms with E-state index in [4.69, 9.17) is 9.53 Å². The van der Waals surface area contributed by atoms with Crippen LogP contribution in [0.5, 0.6) is 0 Å². The second-order valence-corrected chi connectivity index (χ2v) is 42.4. The molecule has 216 valence electrons. The molecule has 0 aliphatic rings. The van der Waals surface area contributed by atoms with Gasteiger partial charge in [0.05, 0.1) is 0 Å². The fourth-order valence-corrected chi connectivity index (χ4v) is 65.9. The second-order valence-electron chi connectivity index (χ2n) is 10.8. The summed E-state index contributed by atoms with van der Waals surface area (Å²) in [5, 5.41) is 0. The Morgan fingerprint density at radius 1 is 0.556 bits per heavy atom. The fraction of sp³-hybridized carbons (Fsp3) is 0.750. The van der Waals surface area contributed by atoms with E-state index >= 15 is 0 Å². The molecule has 0 aliphatic heterocycles. The van der Waals surface area contributed by atoms with E-state index in [9.17, 15) is 0 Å². The molecule has 0 saturated heterocycles. The predicted octanol–water partition coefficient (Wildman–Crippen LogP) is 11.4. The molecule has 0 radical (unpaired) electrons. The van der Waals surface area contributed by atoms with Crippen molar-refractivity contribution in [2.24, 2.45) is 0 Å². The van der Waals surface area contributed by atoms with Gasteiger partial charge in [0.25, 0.3) is 0 Å². The van der Waals surface area contributed by atoms with Gasteiger partial charge < -0.3 is 0 Å². The SMILES string of the molecule is CCCC[PH](CCCC)(CCCC)[Pd]([Cl])([C]#Cc1ccccc1)[PH](CCCC)(CCCC)CCCC. The van der Waals surface area contributed by atoms with Crippen LogP contribution in [0, 0.1) is 10.3 Å². The Kier molecular flexibility index (Phi) is 18.9. The van der Waals surface area contributed by atoms with E-state index in [1.54, 1.807) is 0 Å². The molecule has 0 nitrogen and oxygen atoms in total. The zero-order valence-corrected chi connectivity index (χ0v) is 29.1. The second kappa shape index (κ2) is 19.6. The van der Waals surface area contributed by atoms with Crippen LogP contribution in [-0.4, -0.2) is 37.0 Å². The van der Waals surface area contributed by atoms with Crippen molar-refractivity contribution in [3.8, 4) is 10.3 Å². The van der Waals surface area contributed by atoms with Crippen molar-refractivity contribution < 1.29 is 13.5 Å². The van der Waals surface area contributed by atoms with Crippen LogP contribution in [0.4, 0.5) is 0 Å². The Morgan fingerprint density at radius 2 is 0.861 bits per heavy atom. The Hall–Kier alpha value is 0.592. The van der Waals surface area contributed by atoms with Gasteiger partial charge in [-0.1, -0.05) is 0 Å². The zero-order valence-electron chi connectivity index (χ0n) is 24.8. The molecule has 0 spiro atoms. The summed E-state index contributed by atoms with van der Waals surface area (Å²) in [6, 6.07) is 10.8. The average molecular weight is 650 g/mol. The molecular formula is C32H61ClP2Pd. The first-order valence-corrected chi connectivity index (χ1v) is 27.7. The minimum absolute atomic E-state index is 1.19. The third-order valence-electron chi connectivity index (χ3n) is 7.77. The normalized spacial score (nSPS) is 15.5. The van der Waals surface area contributed by atoms with E-state index in [0.29, 0.717) is 0 Å². The molecule has 36 heavy (non-hydrogen) atoms. The van der Waals surface area contributed by atoms with E-state index in [-0.39, 0.29) is 0 Å². The number of halogens is 1. The molecule has 0 aromatic heterocycles. The van der Waals surface area contributed by atoms with Gasteiger partial charge in [-0.2, -0.15) is 0 Å². The van der Waals surface area contributed by atoms with Crippen molar-refractivity contribution in [2.45, 2.75) is 119 Å². The van der Waals surface area contributed by atoms with Gasteiger partial charge in [-0.05, 0) is 0 Å². The summed E-state index contributed by atoms with van der Waals surface area (Å²) in [4.78, 5) is 0. The first-order valence-electron chi connectivity index (χ1n) is 15.4. The molecule has 0 N–H and O–H groups in total. The summed E-state index contributed by atoms with van der Waals surface area (Å²) in [6.45, 7) is 14.4. The van der Waals surface area contributed by atoms with E-state index in [2.05, 4.69) is 82.2 Å². The predicted molar refractivity (Wildman–Crippen MR) is 174 cm³/mol. The third kappa shape index (κ3) is 9.96. The summed E-state index contributed by atoms with van der Waals surface area (Å²) in [6.07, 6.45) is 24.7. The average Bonchev–Trinajstić information content (AvgIpc) is 2.91. The van der Waals surface area contributed by atoms with Crippen molar-refractivity contribution in [2.75, 3.05) is 37.0 Å². The van der Waals surface area contributed by atoms with Crippen LogP contribution < -0.4 is 0 Å². The Morgan fingerprint density at radius 3 is 1.14 bits per heavy atom. The molecule has 0 unspecified atom stereocenters. The zero-order chi connectivity index (χ0) is 26.8. The van der Waals surface area contributed by atoms with E-state index in [1.165, 1.54) is 120 Å².